The summed E-state index contributed by atoms with van der Waals surface area (Å²) in [5, 5.41) is 10.2. The van der Waals surface area contributed by atoms with E-state index in [1.54, 1.807) is 0 Å². The zero-order valence-corrected chi connectivity index (χ0v) is 12.6. The topological polar surface area (TPSA) is 40.1 Å². The molecule has 0 bridgehead atoms. The number of hydrogen-bond donors (Lipinski definition) is 0. The fraction of sp³-hybridized carbons (Fsp3) is 0.857. The van der Waals surface area contributed by atoms with E-state index in [0.29, 0.717) is 6.42 Å². The number of carbonyl (C=O) groups excluding carboxylic acids is 1. The van der Waals surface area contributed by atoms with Crippen LogP contribution in [0.25, 0.3) is 0 Å². The molecule has 0 aromatic heterocycles. The van der Waals surface area contributed by atoms with Crippen LogP contribution in [0.1, 0.15) is 25.7 Å². The van der Waals surface area contributed by atoms with Crippen LogP contribution in [0.5, 0.6) is 0 Å². The van der Waals surface area contributed by atoms with Crippen molar-refractivity contribution in [2.24, 2.45) is 5.92 Å². The van der Waals surface area contributed by atoms with Gasteiger partial charge in [0.05, 0.1) is 0 Å². The van der Waals surface area contributed by atoms with Gasteiger partial charge >= 0.3 is 27.7 Å². The monoisotopic (exact) mass is 363 g/mol. The molecule has 1 fully saturated rings. The van der Waals surface area contributed by atoms with Crippen molar-refractivity contribution < 1.29 is 37.6 Å². The van der Waals surface area contributed by atoms with Gasteiger partial charge in [0.2, 0.25) is 0 Å². The Morgan fingerprint density at radius 1 is 1.36 bits per heavy atom. The predicted molar refractivity (Wildman–Crippen MR) is 36.6 cm³/mol. The Bertz CT molecular complexity index is 140. The zero-order chi connectivity index (χ0) is 7.56. The number of carbonyl (C=O) groups is 1. The minimum absolute atomic E-state index is 0. The van der Waals surface area contributed by atoms with Gasteiger partial charge in [0.15, 0.2) is 0 Å². The van der Waals surface area contributed by atoms with Crippen LogP contribution in [0.4, 0.5) is 0 Å². The van der Waals surface area contributed by atoms with E-state index in [9.17, 15) is 9.90 Å². The van der Waals surface area contributed by atoms with Gasteiger partial charge in [0, 0.05) is 17.3 Å². The molecule has 1 aliphatic carbocycles. The quantitative estimate of drug-likeness (QED) is 0.505. The first-order valence-electron chi connectivity index (χ1n) is 3.56. The Hall–Kier alpha value is 0.695. The molecule has 2 atom stereocenters. The Labute approximate surface area is 91.8 Å². The van der Waals surface area contributed by atoms with Gasteiger partial charge in [-0.25, -0.2) is 0 Å². The van der Waals surface area contributed by atoms with Crippen molar-refractivity contribution >= 4 is 17.6 Å². The molecule has 0 amide bonds. The maximum Gasteiger partial charge on any atom is 1.00 e. The minimum atomic E-state index is -0.986. The number of hydrogen-bond acceptors (Lipinski definition) is 2. The molecule has 1 radical (unpaired) electrons. The van der Waals surface area contributed by atoms with Crippen LogP contribution in [0, 0.1) is 5.92 Å². The van der Waals surface area contributed by atoms with Gasteiger partial charge < -0.3 is 9.90 Å². The second-order valence-electron chi connectivity index (χ2n) is 2.73. The number of carboxylic acid groups (broad SMARTS) is 1. The van der Waals surface area contributed by atoms with Crippen LogP contribution in [0.15, 0.2) is 0 Å². The molecule has 1 aliphatic rings. The number of aliphatic carboxylic acids is 1. The van der Waals surface area contributed by atoms with Crippen LogP contribution >= 0.6 is 11.6 Å². The Morgan fingerprint density at radius 2 is 1.91 bits per heavy atom. The molecule has 0 spiro atoms. The molecule has 0 aromatic rings. The third-order valence-corrected chi connectivity index (χ3v) is 2.51. The first-order valence-corrected chi connectivity index (χ1v) is 4.00. The van der Waals surface area contributed by atoms with Crippen molar-refractivity contribution in [3.05, 3.63) is 0 Å². The summed E-state index contributed by atoms with van der Waals surface area (Å²) < 4.78 is 0. The van der Waals surface area contributed by atoms with E-state index >= 15 is 0 Å². The molecule has 0 aliphatic heterocycles. The summed E-state index contributed by atoms with van der Waals surface area (Å²) in [5.41, 5.74) is 0. The Morgan fingerprint density at radius 3 is 2.27 bits per heavy atom. The van der Waals surface area contributed by atoms with Crippen LogP contribution in [-0.2, 0) is 32.5 Å². The maximum atomic E-state index is 10.4. The van der Waals surface area contributed by atoms with Gasteiger partial charge in [-0.1, -0.05) is 12.8 Å². The standard InChI is InChI=1S/C7H11ClO2.Hg/c8-6-4-2-1-3-5(6)7(9)10;/h5-6H,1-4H2,(H,9,10);/q;+1/p-1. The minimum Gasteiger partial charge on any atom is -0.550 e. The van der Waals surface area contributed by atoms with Crippen LogP contribution < -0.4 is 5.11 Å². The molecule has 4 heteroatoms. The predicted octanol–water partition coefficient (Wildman–Crippen LogP) is 0.531. The van der Waals surface area contributed by atoms with E-state index in [-0.39, 0.29) is 33.0 Å². The van der Waals surface area contributed by atoms with Crippen LogP contribution in [0.2, 0.25) is 0 Å². The molecule has 2 nitrogen and oxygen atoms in total. The van der Waals surface area contributed by atoms with Crippen molar-refractivity contribution in [3.8, 4) is 0 Å². The fourth-order valence-corrected chi connectivity index (χ4v) is 1.73. The van der Waals surface area contributed by atoms with Crippen molar-refractivity contribution in [3.63, 3.8) is 0 Å². The maximum absolute atomic E-state index is 10.4. The van der Waals surface area contributed by atoms with E-state index in [1.807, 2.05) is 0 Å². The molecule has 0 N–H and O–H groups in total. The first kappa shape index (κ1) is 11.7. The molecule has 11 heavy (non-hydrogen) atoms. The Balaban J connectivity index is 0.000001000. The third kappa shape index (κ3) is 3.28. The normalized spacial score (nSPS) is 30.6. The van der Waals surface area contributed by atoms with Crippen LogP contribution in [-0.4, -0.2) is 11.3 Å². The molecule has 59 valence electrons. The van der Waals surface area contributed by atoms with Crippen molar-refractivity contribution in [2.75, 3.05) is 0 Å². The molecule has 2 unspecified atom stereocenters. The van der Waals surface area contributed by atoms with E-state index < -0.39 is 11.9 Å². The molecular weight excluding hydrogens is 352 g/mol. The van der Waals surface area contributed by atoms with Crippen molar-refractivity contribution in [2.45, 2.75) is 31.1 Å². The van der Waals surface area contributed by atoms with Crippen molar-refractivity contribution in [1.82, 2.24) is 0 Å². The number of rotatable bonds is 1. The third-order valence-electron chi connectivity index (χ3n) is 1.98. The van der Waals surface area contributed by atoms with Gasteiger partial charge in [-0.2, -0.15) is 0 Å². The summed E-state index contributed by atoms with van der Waals surface area (Å²) in [7, 11) is 0. The summed E-state index contributed by atoms with van der Waals surface area (Å²) >= 11 is 5.76. The second-order valence-corrected chi connectivity index (χ2v) is 3.29. The largest absolute Gasteiger partial charge is 1.00 e. The van der Waals surface area contributed by atoms with E-state index in [1.165, 1.54) is 0 Å². The SMILES string of the molecule is O=C([O-])C1CCCCC1Cl.[Hg+]. The summed E-state index contributed by atoms with van der Waals surface area (Å²) in [6, 6.07) is 0. The molecule has 0 aromatic carbocycles. The average Bonchev–Trinajstić information content (AvgIpc) is 1.88. The molecule has 1 saturated carbocycles. The van der Waals surface area contributed by atoms with E-state index in [4.69, 9.17) is 11.6 Å². The summed E-state index contributed by atoms with van der Waals surface area (Å²) in [6.07, 6.45) is 3.54. The molecule has 0 heterocycles. The summed E-state index contributed by atoms with van der Waals surface area (Å²) in [5.74, 6) is -1.39. The zero-order valence-electron chi connectivity index (χ0n) is 6.38. The van der Waals surface area contributed by atoms with Crippen molar-refractivity contribution in [1.29, 1.82) is 0 Å². The van der Waals surface area contributed by atoms with Gasteiger partial charge in [0.25, 0.3) is 0 Å². The van der Waals surface area contributed by atoms with Crippen LogP contribution in [0.3, 0.4) is 0 Å². The molecule has 0 saturated heterocycles. The average molecular weight is 362 g/mol. The number of alkyl halides is 1. The molecular formula is C7H10ClHgO2. The van der Waals surface area contributed by atoms with Gasteiger partial charge in [0.1, 0.15) is 0 Å². The first-order chi connectivity index (χ1) is 4.72. The van der Waals surface area contributed by atoms with Gasteiger partial charge in [-0.05, 0) is 12.8 Å². The number of halogens is 1. The van der Waals surface area contributed by atoms with E-state index in [2.05, 4.69) is 0 Å². The van der Waals surface area contributed by atoms with Gasteiger partial charge in [-0.15, -0.1) is 11.6 Å². The second kappa shape index (κ2) is 5.36. The van der Waals surface area contributed by atoms with Gasteiger partial charge in [-0.3, -0.25) is 0 Å². The Kier molecular flexibility index (Phi) is 5.70. The fourth-order valence-electron chi connectivity index (χ4n) is 1.35. The summed E-state index contributed by atoms with van der Waals surface area (Å²) in [6.45, 7) is 0. The summed E-state index contributed by atoms with van der Waals surface area (Å²) in [4.78, 5) is 10.4. The smallest absolute Gasteiger partial charge is 0.550 e. The molecule has 1 rings (SSSR count). The van der Waals surface area contributed by atoms with E-state index in [0.717, 1.165) is 19.3 Å². The number of carboxylic acids is 1.